The fourth-order valence-electron chi connectivity index (χ4n) is 2.10. The van der Waals surface area contributed by atoms with E-state index in [1.54, 1.807) is 6.92 Å². The summed E-state index contributed by atoms with van der Waals surface area (Å²) in [6.07, 6.45) is 2.52. The Morgan fingerprint density at radius 1 is 1.26 bits per heavy atom. The number of carbonyl (C=O) groups is 1. The fourth-order valence-corrected chi connectivity index (χ4v) is 2.10. The molecule has 0 unspecified atom stereocenters. The van der Waals surface area contributed by atoms with Crippen LogP contribution in [-0.2, 0) is 6.42 Å². The van der Waals surface area contributed by atoms with Gasteiger partial charge < -0.3 is 10.6 Å². The second-order valence-corrected chi connectivity index (χ2v) is 5.40. The third-order valence-electron chi connectivity index (χ3n) is 3.42. The van der Waals surface area contributed by atoms with Gasteiger partial charge in [-0.1, -0.05) is 6.07 Å². The van der Waals surface area contributed by atoms with E-state index in [2.05, 4.69) is 25.8 Å². The van der Waals surface area contributed by atoms with Gasteiger partial charge in [-0.15, -0.1) is 0 Å². The smallest absolute Gasteiger partial charge is 0.315 e. The van der Waals surface area contributed by atoms with Gasteiger partial charge in [0.25, 0.3) is 0 Å². The van der Waals surface area contributed by atoms with Gasteiger partial charge in [-0.3, -0.25) is 5.10 Å². The summed E-state index contributed by atoms with van der Waals surface area (Å²) in [6.45, 7) is 3.63. The second kappa shape index (κ2) is 7.66. The molecule has 0 radical (unpaired) electrons. The number of hydrogen-bond acceptors (Lipinski definition) is 3. The lowest BCUT2D eigenvalue weighted by Gasteiger charge is -2.17. The van der Waals surface area contributed by atoms with E-state index in [4.69, 9.17) is 0 Å². The number of hydrogen-bond donors (Lipinski definition) is 3. The third kappa shape index (κ3) is 5.01. The van der Waals surface area contributed by atoms with Crippen molar-refractivity contribution in [1.82, 2.24) is 25.8 Å². The van der Waals surface area contributed by atoms with Gasteiger partial charge in [-0.05, 0) is 44.4 Å². The molecule has 2 aromatic rings. The summed E-state index contributed by atoms with van der Waals surface area (Å²) in [5, 5.41) is 11.9. The number of nitrogens with zero attached hydrogens (tertiary/aromatic N) is 2. The zero-order valence-corrected chi connectivity index (χ0v) is 12.9. The highest BCUT2D eigenvalue weighted by atomic mass is 19.2. The fraction of sp³-hybridized carbons (Fsp3) is 0.400. The number of amides is 2. The predicted octanol–water partition coefficient (Wildman–Crippen LogP) is 2.46. The van der Waals surface area contributed by atoms with E-state index in [-0.39, 0.29) is 18.1 Å². The van der Waals surface area contributed by atoms with Crippen molar-refractivity contribution in [3.63, 3.8) is 0 Å². The number of aryl methyl sites for hydroxylation is 1. The van der Waals surface area contributed by atoms with Crippen molar-refractivity contribution in [3.8, 4) is 0 Å². The molecule has 0 aliphatic heterocycles. The molecule has 3 N–H and O–H groups in total. The minimum Gasteiger partial charge on any atom is -0.336 e. The van der Waals surface area contributed by atoms with E-state index in [0.29, 0.717) is 24.2 Å². The summed E-state index contributed by atoms with van der Waals surface area (Å²) in [5.41, 5.74) is 0.688. The predicted molar refractivity (Wildman–Crippen MR) is 80.6 cm³/mol. The van der Waals surface area contributed by atoms with Gasteiger partial charge in [0.05, 0.1) is 6.04 Å². The highest BCUT2D eigenvalue weighted by Gasteiger charge is 2.13. The highest BCUT2D eigenvalue weighted by Crippen LogP contribution is 2.11. The number of H-pyrrole nitrogens is 1. The quantitative estimate of drug-likeness (QED) is 0.763. The Kier molecular flexibility index (Phi) is 5.61. The second-order valence-electron chi connectivity index (χ2n) is 5.40. The average molecular weight is 323 g/mol. The van der Waals surface area contributed by atoms with Crippen molar-refractivity contribution in [1.29, 1.82) is 0 Å². The Hall–Kier alpha value is -2.51. The zero-order valence-electron chi connectivity index (χ0n) is 12.9. The lowest BCUT2D eigenvalue weighted by atomic mass is 10.1. The average Bonchev–Trinajstić information content (AvgIpc) is 3.02. The Morgan fingerprint density at radius 2 is 2.04 bits per heavy atom. The molecule has 0 fully saturated rings. The van der Waals surface area contributed by atoms with Crippen LogP contribution in [0.5, 0.6) is 0 Å². The Labute approximate surface area is 132 Å². The maximum absolute atomic E-state index is 13.1. The summed E-state index contributed by atoms with van der Waals surface area (Å²) in [5.74, 6) is -1.16. The van der Waals surface area contributed by atoms with Crippen LogP contribution in [0.25, 0.3) is 0 Å². The van der Waals surface area contributed by atoms with Gasteiger partial charge in [-0.2, -0.15) is 5.10 Å². The molecule has 2 amide bonds. The van der Waals surface area contributed by atoms with E-state index in [9.17, 15) is 13.6 Å². The maximum atomic E-state index is 13.1. The van der Waals surface area contributed by atoms with Crippen molar-refractivity contribution >= 4 is 6.03 Å². The van der Waals surface area contributed by atoms with Gasteiger partial charge in [0.1, 0.15) is 12.2 Å². The molecule has 0 bridgehead atoms. The molecule has 0 aliphatic carbocycles. The summed E-state index contributed by atoms with van der Waals surface area (Å²) >= 11 is 0. The van der Waals surface area contributed by atoms with Crippen molar-refractivity contribution in [2.75, 3.05) is 0 Å². The van der Waals surface area contributed by atoms with Crippen LogP contribution in [0.1, 0.15) is 37.7 Å². The van der Waals surface area contributed by atoms with Gasteiger partial charge in [0, 0.05) is 6.04 Å². The molecule has 0 aliphatic rings. The van der Waals surface area contributed by atoms with Gasteiger partial charge >= 0.3 is 6.03 Å². The SMILES string of the molecule is C[C@H](CCc1ccc(F)c(F)c1)NC(=O)N[C@H](C)c1ncn[nH]1. The molecule has 23 heavy (non-hydrogen) atoms. The number of aromatic nitrogens is 3. The topological polar surface area (TPSA) is 82.7 Å². The number of halogens is 2. The monoisotopic (exact) mass is 323 g/mol. The maximum Gasteiger partial charge on any atom is 0.315 e. The number of carbonyl (C=O) groups excluding carboxylic acids is 1. The largest absolute Gasteiger partial charge is 0.336 e. The van der Waals surface area contributed by atoms with Crippen molar-refractivity contribution in [2.24, 2.45) is 0 Å². The van der Waals surface area contributed by atoms with Crippen LogP contribution in [0.3, 0.4) is 0 Å². The molecular formula is C15H19F2N5O. The Balaban J connectivity index is 1.76. The van der Waals surface area contributed by atoms with Crippen LogP contribution in [0, 0.1) is 11.6 Å². The normalized spacial score (nSPS) is 13.4. The molecular weight excluding hydrogens is 304 g/mol. The number of urea groups is 1. The summed E-state index contributed by atoms with van der Waals surface area (Å²) in [4.78, 5) is 15.8. The van der Waals surface area contributed by atoms with Gasteiger partial charge in [-0.25, -0.2) is 18.6 Å². The minimum absolute atomic E-state index is 0.120. The number of aromatic amines is 1. The Bertz CT molecular complexity index is 647. The van der Waals surface area contributed by atoms with Crippen molar-refractivity contribution in [3.05, 3.63) is 47.5 Å². The minimum atomic E-state index is -0.860. The van der Waals surface area contributed by atoms with Crippen molar-refractivity contribution in [2.45, 2.75) is 38.8 Å². The third-order valence-corrected chi connectivity index (χ3v) is 3.42. The number of benzene rings is 1. The van der Waals surface area contributed by atoms with Crippen LogP contribution in [0.15, 0.2) is 24.5 Å². The van der Waals surface area contributed by atoms with Gasteiger partial charge in [0.2, 0.25) is 0 Å². The van der Waals surface area contributed by atoms with Crippen LogP contribution in [-0.4, -0.2) is 27.3 Å². The van der Waals surface area contributed by atoms with E-state index >= 15 is 0 Å². The summed E-state index contributed by atoms with van der Waals surface area (Å²) in [7, 11) is 0. The lowest BCUT2D eigenvalue weighted by molar-refractivity contribution is 0.233. The molecule has 2 rings (SSSR count). The van der Waals surface area contributed by atoms with E-state index in [0.717, 1.165) is 6.07 Å². The molecule has 1 aromatic carbocycles. The summed E-state index contributed by atoms with van der Waals surface area (Å²) < 4.78 is 26.0. The Morgan fingerprint density at radius 3 is 2.70 bits per heavy atom. The molecule has 124 valence electrons. The van der Waals surface area contributed by atoms with Crippen LogP contribution >= 0.6 is 0 Å². The standard InChI is InChI=1S/C15H19F2N5O/c1-9(3-4-11-5-6-12(16)13(17)7-11)20-15(23)21-10(2)14-18-8-19-22-14/h5-10H,3-4H2,1-2H3,(H,18,19,22)(H2,20,21,23)/t9-,10-/m1/s1. The van der Waals surface area contributed by atoms with Crippen LogP contribution in [0.2, 0.25) is 0 Å². The summed E-state index contributed by atoms with van der Waals surface area (Å²) in [6, 6.07) is 3.08. The first-order valence-corrected chi connectivity index (χ1v) is 7.32. The van der Waals surface area contributed by atoms with E-state index in [1.165, 1.54) is 18.5 Å². The van der Waals surface area contributed by atoms with E-state index in [1.807, 2.05) is 6.92 Å². The molecule has 0 saturated carbocycles. The number of nitrogens with one attached hydrogen (secondary N) is 3. The van der Waals surface area contributed by atoms with Crippen LogP contribution in [0.4, 0.5) is 13.6 Å². The lowest BCUT2D eigenvalue weighted by Crippen LogP contribution is -2.42. The molecule has 1 heterocycles. The van der Waals surface area contributed by atoms with Gasteiger partial charge in [0.15, 0.2) is 11.6 Å². The molecule has 2 atom stereocenters. The highest BCUT2D eigenvalue weighted by molar-refractivity contribution is 5.74. The molecule has 0 saturated heterocycles. The zero-order chi connectivity index (χ0) is 16.8. The molecule has 6 nitrogen and oxygen atoms in total. The molecule has 8 heteroatoms. The first kappa shape index (κ1) is 16.9. The molecule has 1 aromatic heterocycles. The molecule has 0 spiro atoms. The van der Waals surface area contributed by atoms with E-state index < -0.39 is 11.6 Å². The number of rotatable bonds is 6. The first-order chi connectivity index (χ1) is 11.0. The van der Waals surface area contributed by atoms with Crippen LogP contribution < -0.4 is 10.6 Å². The first-order valence-electron chi connectivity index (χ1n) is 7.32. The van der Waals surface area contributed by atoms with Crippen molar-refractivity contribution < 1.29 is 13.6 Å².